The molecule has 0 aliphatic heterocycles. The number of nitrogens with one attached hydrogen (secondary N) is 2. The summed E-state index contributed by atoms with van der Waals surface area (Å²) in [5.41, 5.74) is 1.90. The van der Waals surface area contributed by atoms with Gasteiger partial charge >= 0.3 is 0 Å². The number of guanidine groups is 1. The van der Waals surface area contributed by atoms with Gasteiger partial charge in [-0.05, 0) is 23.6 Å². The van der Waals surface area contributed by atoms with E-state index in [1.54, 1.807) is 28.4 Å². The summed E-state index contributed by atoms with van der Waals surface area (Å²) in [5, 5.41) is 10.5. The van der Waals surface area contributed by atoms with Crippen LogP contribution < -0.4 is 24.8 Å². The van der Waals surface area contributed by atoms with Crippen LogP contribution in [0.25, 0.3) is 0 Å². The molecule has 0 aliphatic carbocycles. The van der Waals surface area contributed by atoms with Gasteiger partial charge in [0.25, 0.3) is 0 Å². The smallest absolute Gasteiger partial charge is 0.203 e. The largest absolute Gasteiger partial charge is 0.493 e. The second kappa shape index (κ2) is 11.6. The third kappa shape index (κ3) is 6.18. The highest BCUT2D eigenvalue weighted by molar-refractivity contribution is 14.0. The number of rotatable bonds is 8. The van der Waals surface area contributed by atoms with Gasteiger partial charge < -0.3 is 29.4 Å². The molecule has 2 aromatic rings. The Morgan fingerprint density at radius 2 is 1.64 bits per heavy atom. The lowest BCUT2D eigenvalue weighted by Crippen LogP contribution is -2.36. The summed E-state index contributed by atoms with van der Waals surface area (Å²) in [4.78, 5) is 4.22. The van der Waals surface area contributed by atoms with Crippen molar-refractivity contribution in [2.24, 2.45) is 4.99 Å². The number of hydrogen-bond donors (Lipinski definition) is 2. The first-order chi connectivity index (χ1) is 13.0. The molecular formula is C19H29IN4O4. The van der Waals surface area contributed by atoms with Crippen molar-refractivity contribution in [3.63, 3.8) is 0 Å². The van der Waals surface area contributed by atoms with Crippen LogP contribution in [-0.2, 0) is 13.1 Å². The van der Waals surface area contributed by atoms with Crippen molar-refractivity contribution in [3.8, 4) is 17.2 Å². The molecule has 0 aliphatic rings. The maximum Gasteiger partial charge on any atom is 0.203 e. The zero-order chi connectivity index (χ0) is 19.8. The summed E-state index contributed by atoms with van der Waals surface area (Å²) >= 11 is 0. The molecule has 0 atom stereocenters. The summed E-state index contributed by atoms with van der Waals surface area (Å²) in [6, 6.07) is 5.74. The van der Waals surface area contributed by atoms with Gasteiger partial charge in [-0.1, -0.05) is 19.0 Å². The summed E-state index contributed by atoms with van der Waals surface area (Å²) in [5.74, 6) is 3.53. The fourth-order valence-corrected chi connectivity index (χ4v) is 2.50. The summed E-state index contributed by atoms with van der Waals surface area (Å²) in [7, 11) is 6.48. The van der Waals surface area contributed by atoms with Crippen LogP contribution >= 0.6 is 24.0 Å². The van der Waals surface area contributed by atoms with Crippen LogP contribution in [0.15, 0.2) is 27.7 Å². The molecule has 9 heteroatoms. The Kier molecular flexibility index (Phi) is 9.91. The molecule has 28 heavy (non-hydrogen) atoms. The first kappa shape index (κ1) is 23.9. The van der Waals surface area contributed by atoms with E-state index in [1.807, 2.05) is 18.2 Å². The number of nitrogens with zero attached hydrogens (tertiary/aromatic N) is 2. The van der Waals surface area contributed by atoms with Crippen molar-refractivity contribution in [3.05, 3.63) is 35.2 Å². The molecular weight excluding hydrogens is 475 g/mol. The third-order valence-corrected chi connectivity index (χ3v) is 4.01. The van der Waals surface area contributed by atoms with E-state index in [9.17, 15) is 0 Å². The Bertz CT molecular complexity index is 752. The second-order valence-electron chi connectivity index (χ2n) is 6.19. The van der Waals surface area contributed by atoms with Gasteiger partial charge in [0, 0.05) is 19.7 Å². The fraction of sp³-hybridized carbons (Fsp3) is 0.474. The lowest BCUT2D eigenvalue weighted by molar-refractivity contribution is 0.323. The van der Waals surface area contributed by atoms with Crippen molar-refractivity contribution in [2.45, 2.75) is 32.9 Å². The average Bonchev–Trinajstić information content (AvgIpc) is 3.16. The molecule has 1 aromatic heterocycles. The molecule has 0 fully saturated rings. The molecule has 0 saturated carbocycles. The van der Waals surface area contributed by atoms with E-state index in [2.05, 4.69) is 34.6 Å². The number of aromatic nitrogens is 1. The van der Waals surface area contributed by atoms with E-state index in [0.29, 0.717) is 42.2 Å². The Morgan fingerprint density at radius 3 is 2.11 bits per heavy atom. The highest BCUT2D eigenvalue weighted by Crippen LogP contribution is 2.38. The van der Waals surface area contributed by atoms with Gasteiger partial charge in [0.15, 0.2) is 23.2 Å². The standard InChI is InChI=1S/C19H28N4O4.HI/c1-12(2)15-9-14(27-23-15)11-22-19(20-3)21-10-13-7-16(24-4)18(26-6)17(8-13)25-5;/h7-9,12H,10-11H2,1-6H3,(H2,20,21,22);1H. The second-order valence-corrected chi connectivity index (χ2v) is 6.19. The third-order valence-electron chi connectivity index (χ3n) is 4.01. The highest BCUT2D eigenvalue weighted by atomic mass is 127. The summed E-state index contributed by atoms with van der Waals surface area (Å²) < 4.78 is 21.4. The zero-order valence-electron chi connectivity index (χ0n) is 17.2. The van der Waals surface area contributed by atoms with Crippen molar-refractivity contribution in [2.75, 3.05) is 28.4 Å². The Hall–Kier alpha value is -2.17. The van der Waals surface area contributed by atoms with E-state index >= 15 is 0 Å². The number of hydrogen-bond acceptors (Lipinski definition) is 6. The number of aliphatic imine (C=N–C) groups is 1. The quantitative estimate of drug-likeness (QED) is 0.324. The van der Waals surface area contributed by atoms with Gasteiger partial charge in [-0.15, -0.1) is 24.0 Å². The summed E-state index contributed by atoms with van der Waals surface area (Å²) in [6.07, 6.45) is 0. The van der Waals surface area contributed by atoms with E-state index in [1.165, 1.54) is 0 Å². The average molecular weight is 504 g/mol. The maximum atomic E-state index is 5.38. The number of halogens is 1. The van der Waals surface area contributed by atoms with Crippen LogP contribution in [0.2, 0.25) is 0 Å². The Labute approximate surface area is 183 Å². The number of ether oxygens (including phenoxy) is 3. The first-order valence-electron chi connectivity index (χ1n) is 8.71. The fourth-order valence-electron chi connectivity index (χ4n) is 2.50. The van der Waals surface area contributed by atoms with Crippen LogP contribution in [0.3, 0.4) is 0 Å². The van der Waals surface area contributed by atoms with Crippen molar-refractivity contribution >= 4 is 29.9 Å². The number of benzene rings is 1. The molecule has 0 saturated heterocycles. The van der Waals surface area contributed by atoms with E-state index in [0.717, 1.165) is 17.0 Å². The monoisotopic (exact) mass is 504 g/mol. The van der Waals surface area contributed by atoms with Crippen molar-refractivity contribution < 1.29 is 18.7 Å². The van der Waals surface area contributed by atoms with E-state index in [-0.39, 0.29) is 24.0 Å². The van der Waals surface area contributed by atoms with Crippen LogP contribution in [-0.4, -0.2) is 39.5 Å². The zero-order valence-corrected chi connectivity index (χ0v) is 19.5. The van der Waals surface area contributed by atoms with Crippen LogP contribution in [0.1, 0.15) is 36.8 Å². The lowest BCUT2D eigenvalue weighted by atomic mass is 10.1. The van der Waals surface area contributed by atoms with Crippen molar-refractivity contribution in [1.29, 1.82) is 0 Å². The molecule has 0 unspecified atom stereocenters. The minimum absolute atomic E-state index is 0. The van der Waals surface area contributed by atoms with Crippen LogP contribution in [0, 0.1) is 0 Å². The van der Waals surface area contributed by atoms with Gasteiger partial charge in [0.1, 0.15) is 0 Å². The predicted molar refractivity (Wildman–Crippen MR) is 119 cm³/mol. The molecule has 2 N–H and O–H groups in total. The van der Waals surface area contributed by atoms with Crippen molar-refractivity contribution in [1.82, 2.24) is 15.8 Å². The predicted octanol–water partition coefficient (Wildman–Crippen LogP) is 3.31. The molecule has 2 rings (SSSR count). The topological polar surface area (TPSA) is 90.1 Å². The van der Waals surface area contributed by atoms with Crippen LogP contribution in [0.4, 0.5) is 0 Å². The maximum absolute atomic E-state index is 5.38. The molecule has 156 valence electrons. The summed E-state index contributed by atoms with van der Waals surface area (Å²) in [6.45, 7) is 5.18. The molecule has 0 spiro atoms. The minimum atomic E-state index is 0. The molecule has 1 aromatic carbocycles. The van der Waals surface area contributed by atoms with Gasteiger partial charge in [0.2, 0.25) is 5.75 Å². The molecule has 0 amide bonds. The van der Waals surface area contributed by atoms with Gasteiger partial charge in [-0.25, -0.2) is 0 Å². The minimum Gasteiger partial charge on any atom is -0.493 e. The first-order valence-corrected chi connectivity index (χ1v) is 8.71. The van der Waals surface area contributed by atoms with Gasteiger partial charge in [-0.2, -0.15) is 0 Å². The Balaban J connectivity index is 0.00000392. The van der Waals surface area contributed by atoms with E-state index < -0.39 is 0 Å². The van der Waals surface area contributed by atoms with E-state index in [4.69, 9.17) is 18.7 Å². The molecule has 1 heterocycles. The number of methoxy groups -OCH3 is 3. The van der Waals surface area contributed by atoms with Gasteiger partial charge in [-0.3, -0.25) is 4.99 Å². The molecule has 8 nitrogen and oxygen atoms in total. The SMILES string of the molecule is CN=C(NCc1cc(OC)c(OC)c(OC)c1)NCc1cc(C(C)C)no1.I. The lowest BCUT2D eigenvalue weighted by Gasteiger charge is -2.15. The van der Waals surface area contributed by atoms with Gasteiger partial charge in [0.05, 0.1) is 33.6 Å². The highest BCUT2D eigenvalue weighted by Gasteiger charge is 2.13. The Morgan fingerprint density at radius 1 is 1.04 bits per heavy atom. The molecule has 0 bridgehead atoms. The van der Waals surface area contributed by atoms with Crippen LogP contribution in [0.5, 0.6) is 17.2 Å². The molecule has 0 radical (unpaired) electrons. The normalized spacial score (nSPS) is 11.0.